The van der Waals surface area contributed by atoms with Gasteiger partial charge in [0.1, 0.15) is 17.4 Å². The molecule has 1 aromatic rings. The number of allylic oxidation sites excluding steroid dienone is 1. The van der Waals surface area contributed by atoms with Crippen molar-refractivity contribution in [2.45, 2.75) is 102 Å². The van der Waals surface area contributed by atoms with Gasteiger partial charge in [0.2, 0.25) is 5.72 Å². The Bertz CT molecular complexity index is 1500. The zero-order valence-corrected chi connectivity index (χ0v) is 26.0. The fraction of sp³-hybridized carbons (Fsp3) is 0.600. The van der Waals surface area contributed by atoms with Gasteiger partial charge in [-0.05, 0) is 56.7 Å². The zero-order valence-electron chi connectivity index (χ0n) is 26.0. The Morgan fingerprint density at radius 3 is 2.56 bits per heavy atom. The number of benzene rings is 1. The largest absolute Gasteiger partial charge is 0.508 e. The van der Waals surface area contributed by atoms with Crippen molar-refractivity contribution in [2.75, 3.05) is 13.1 Å². The quantitative estimate of drug-likeness (QED) is 0.165. The molecule has 1 amide bonds. The maximum Gasteiger partial charge on any atom is 0.421 e. The van der Waals surface area contributed by atoms with Crippen LogP contribution in [0.3, 0.4) is 0 Å². The van der Waals surface area contributed by atoms with Crippen molar-refractivity contribution >= 4 is 18.0 Å². The summed E-state index contributed by atoms with van der Waals surface area (Å²) >= 11 is 0. The number of esters is 1. The van der Waals surface area contributed by atoms with Crippen LogP contribution in [0.1, 0.15) is 71.3 Å². The van der Waals surface area contributed by atoms with E-state index in [0.29, 0.717) is 12.5 Å². The third-order valence-corrected chi connectivity index (χ3v) is 11.7. The minimum absolute atomic E-state index is 0.156. The highest BCUT2D eigenvalue weighted by Crippen LogP contribution is 2.68. The molecule has 7 nitrogen and oxygen atoms in total. The summed E-state index contributed by atoms with van der Waals surface area (Å²) in [5.41, 5.74) is -2.28. The van der Waals surface area contributed by atoms with E-state index in [0.717, 1.165) is 73.3 Å². The van der Waals surface area contributed by atoms with E-state index in [1.807, 2.05) is 0 Å². The Kier molecular flexibility index (Phi) is 7.09. The topological polar surface area (TPSA) is 84.9 Å². The molecule has 0 aromatic heterocycles. The zero-order chi connectivity index (χ0) is 31.9. The number of hydrogen-bond donors (Lipinski definition) is 2. The van der Waals surface area contributed by atoms with Gasteiger partial charge in [-0.25, -0.2) is 0 Å². The molecule has 7 atom stereocenters. The van der Waals surface area contributed by atoms with E-state index in [4.69, 9.17) is 9.47 Å². The number of alkyl halides is 3. The minimum Gasteiger partial charge on any atom is -0.508 e. The molecule has 2 N–H and O–H groups in total. The van der Waals surface area contributed by atoms with Crippen LogP contribution in [0.4, 0.5) is 13.2 Å². The summed E-state index contributed by atoms with van der Waals surface area (Å²) in [7, 11) is 0. The maximum absolute atomic E-state index is 14.4. The van der Waals surface area contributed by atoms with E-state index in [9.17, 15) is 27.9 Å². The summed E-state index contributed by atoms with van der Waals surface area (Å²) in [6, 6.07) is 8.44. The average Bonchev–Trinajstić information content (AvgIpc) is 3.72. The first kappa shape index (κ1) is 30.5. The monoisotopic (exact) mass is 627 g/mol. The van der Waals surface area contributed by atoms with E-state index >= 15 is 0 Å². The Morgan fingerprint density at radius 2 is 1.91 bits per heavy atom. The van der Waals surface area contributed by atoms with Crippen LogP contribution in [0.2, 0.25) is 0 Å². The third kappa shape index (κ3) is 4.69. The van der Waals surface area contributed by atoms with Crippen LogP contribution in [0.25, 0.3) is 6.08 Å². The molecule has 2 bridgehead atoms. The number of aliphatic hydroxyl groups excluding tert-OH is 1. The van der Waals surface area contributed by atoms with E-state index < -0.39 is 40.9 Å². The fourth-order valence-corrected chi connectivity index (χ4v) is 9.80. The highest BCUT2D eigenvalue weighted by Gasteiger charge is 2.73. The summed E-state index contributed by atoms with van der Waals surface area (Å²) in [5.74, 6) is -1.45. The maximum atomic E-state index is 14.4. The lowest BCUT2D eigenvalue weighted by Crippen LogP contribution is -2.73. The Labute approximate surface area is 261 Å². The van der Waals surface area contributed by atoms with Gasteiger partial charge in [-0.2, -0.15) is 13.2 Å². The van der Waals surface area contributed by atoms with Crippen LogP contribution < -0.4 is 5.32 Å². The lowest BCUT2D eigenvalue weighted by molar-refractivity contribution is -0.982. The molecule has 4 aliphatic carbocycles. The molecule has 2 saturated heterocycles. The van der Waals surface area contributed by atoms with Gasteiger partial charge < -0.3 is 24.4 Å². The second-order valence-corrected chi connectivity index (χ2v) is 14.4. The lowest BCUT2D eigenvalue weighted by atomic mass is 9.49. The van der Waals surface area contributed by atoms with E-state index in [1.54, 1.807) is 18.2 Å². The van der Waals surface area contributed by atoms with E-state index in [-0.39, 0.29) is 29.4 Å². The number of amides is 1. The second-order valence-electron chi connectivity index (χ2n) is 14.4. The van der Waals surface area contributed by atoms with Gasteiger partial charge in [0, 0.05) is 48.7 Å². The second kappa shape index (κ2) is 10.5. The molecule has 1 spiro atoms. The Morgan fingerprint density at radius 1 is 1.18 bits per heavy atom. The normalized spacial score (nSPS) is 37.2. The first-order valence-corrected chi connectivity index (χ1v) is 16.3. The summed E-state index contributed by atoms with van der Waals surface area (Å²) in [5, 5.41) is 14.2. The van der Waals surface area contributed by atoms with Crippen molar-refractivity contribution in [1.82, 2.24) is 5.32 Å². The SMILES string of the molecule is CC(=O)OC1(NC(=O)C(=Cc2ccccc2)C(F)(F)F)C=C(O)C2=C3C1O[C@H]1CCC[C@H]4[C@@H](C2)[N+](CC2CC2)(C(C)C)CC[C@]314. The molecular weight excluding hydrogens is 585 g/mol. The molecule has 2 aliphatic heterocycles. The standard InChI is InChI=1S/C35H41F3N2O5/c1-20(2)40(19-23-12-13-23)15-14-33-25-10-7-11-29(33)44-31-30(33)24(17-27(25)40)28(42)18-34(31,45-21(3)41)39-32(43)26(35(36,37)38)16-22-8-5-4-6-9-22/h4-6,8-9,16,18,20,23,25,27,29,31H,7,10-15,17,19H2,1-3H3,(H-,39,42,43)/p+1/t25-,27+,29-,31?,33+,34?,40?/m0/s1. The third-order valence-electron chi connectivity index (χ3n) is 11.7. The summed E-state index contributed by atoms with van der Waals surface area (Å²) in [6.45, 7) is 7.82. The molecule has 2 saturated carbocycles. The molecule has 10 heteroatoms. The predicted octanol–water partition coefficient (Wildman–Crippen LogP) is 6.13. The number of rotatable bonds is 7. The molecule has 3 unspecified atom stereocenters. The fourth-order valence-electron chi connectivity index (χ4n) is 9.80. The van der Waals surface area contributed by atoms with Gasteiger partial charge in [0.15, 0.2) is 0 Å². The van der Waals surface area contributed by atoms with Gasteiger partial charge >= 0.3 is 12.1 Å². The first-order chi connectivity index (χ1) is 21.3. The number of piperidine rings is 1. The number of aliphatic hydroxyl groups is 1. The van der Waals surface area contributed by atoms with Crippen molar-refractivity contribution in [3.05, 3.63) is 64.4 Å². The van der Waals surface area contributed by atoms with Crippen LogP contribution in [0.5, 0.6) is 0 Å². The smallest absolute Gasteiger partial charge is 0.421 e. The van der Waals surface area contributed by atoms with Gasteiger partial charge in [0.25, 0.3) is 5.91 Å². The van der Waals surface area contributed by atoms with Crippen LogP contribution >= 0.6 is 0 Å². The van der Waals surface area contributed by atoms with Crippen LogP contribution in [0.15, 0.2) is 58.9 Å². The molecule has 2 heterocycles. The van der Waals surface area contributed by atoms with Crippen molar-refractivity contribution in [1.29, 1.82) is 0 Å². The van der Waals surface area contributed by atoms with Crippen molar-refractivity contribution < 1.29 is 41.8 Å². The van der Waals surface area contributed by atoms with Gasteiger partial charge in [0.05, 0.1) is 31.3 Å². The number of quaternary nitrogens is 1. The Hall–Kier alpha value is -3.11. The number of carbonyl (C=O) groups is 2. The van der Waals surface area contributed by atoms with Gasteiger partial charge in [-0.1, -0.05) is 36.8 Å². The minimum atomic E-state index is -5.00. The molecular formula is C35H42F3N2O5+. The Balaban J connectivity index is 1.33. The predicted molar refractivity (Wildman–Crippen MR) is 160 cm³/mol. The number of carbonyl (C=O) groups excluding carboxylic acids is 2. The average molecular weight is 628 g/mol. The lowest BCUT2D eigenvalue weighted by Gasteiger charge is -2.64. The molecule has 1 aromatic carbocycles. The van der Waals surface area contributed by atoms with Crippen molar-refractivity contribution in [3.8, 4) is 0 Å². The van der Waals surface area contributed by atoms with Crippen LogP contribution in [-0.4, -0.2) is 70.7 Å². The van der Waals surface area contributed by atoms with Gasteiger partial charge in [-0.3, -0.25) is 9.59 Å². The summed E-state index contributed by atoms with van der Waals surface area (Å²) in [4.78, 5) is 26.2. The number of ether oxygens (including phenoxy) is 2. The molecule has 6 aliphatic rings. The molecule has 242 valence electrons. The summed E-state index contributed by atoms with van der Waals surface area (Å²) < 4.78 is 56.6. The number of hydrogen-bond acceptors (Lipinski definition) is 5. The summed E-state index contributed by atoms with van der Waals surface area (Å²) in [6.07, 6.45) is 2.34. The molecule has 45 heavy (non-hydrogen) atoms. The van der Waals surface area contributed by atoms with Gasteiger partial charge in [-0.15, -0.1) is 0 Å². The number of likely N-dealkylation sites (tertiary alicyclic amines) is 1. The van der Waals surface area contributed by atoms with E-state index in [1.165, 1.54) is 31.1 Å². The first-order valence-electron chi connectivity index (χ1n) is 16.3. The van der Waals surface area contributed by atoms with Crippen molar-refractivity contribution in [2.24, 2.45) is 17.3 Å². The van der Waals surface area contributed by atoms with E-state index in [2.05, 4.69) is 19.2 Å². The number of nitrogens with zero attached hydrogens (tertiary/aromatic N) is 1. The molecule has 0 radical (unpaired) electrons. The number of halogens is 3. The molecule has 4 fully saturated rings. The highest BCUT2D eigenvalue weighted by molar-refractivity contribution is 6.00. The number of nitrogens with one attached hydrogen (secondary N) is 1. The highest BCUT2D eigenvalue weighted by atomic mass is 19.4. The van der Waals surface area contributed by atoms with Crippen LogP contribution in [0, 0.1) is 17.3 Å². The van der Waals surface area contributed by atoms with Crippen molar-refractivity contribution in [3.63, 3.8) is 0 Å². The molecule has 7 rings (SSSR count). The van der Waals surface area contributed by atoms with Crippen LogP contribution in [-0.2, 0) is 19.1 Å².